The molecule has 0 spiro atoms. The van der Waals surface area contributed by atoms with Gasteiger partial charge in [-0.2, -0.15) is 0 Å². The first-order valence-corrected chi connectivity index (χ1v) is 13.1. The molecule has 0 aliphatic heterocycles. The highest BCUT2D eigenvalue weighted by Gasteiger charge is 2.63. The van der Waals surface area contributed by atoms with Gasteiger partial charge in [0.2, 0.25) is 0 Å². The second kappa shape index (κ2) is 11.3. The molecule has 1 aromatic carbocycles. The Hall–Kier alpha value is -2.86. The zero-order valence-electron chi connectivity index (χ0n) is 22.8. The largest absolute Gasteiger partial charge is 0.508 e. The SMILES string of the molecule is C=C/C(C)=C/C[C@@H]1[C@]2(C)[C@H](CC[C@@]1(C)O)[C@](C)(COC(=O)/C=C/c1ccc(O)cc1)CC[C@H]2OC(C)=O. The molecule has 6 heteroatoms. The van der Waals surface area contributed by atoms with Gasteiger partial charge in [0.05, 0.1) is 12.2 Å². The normalized spacial score (nSPS) is 34.0. The number of hydrogen-bond acceptors (Lipinski definition) is 6. The van der Waals surface area contributed by atoms with Crippen LogP contribution in [0.25, 0.3) is 6.08 Å². The first kappa shape index (κ1) is 28.7. The van der Waals surface area contributed by atoms with Crippen LogP contribution in [0, 0.1) is 22.7 Å². The van der Waals surface area contributed by atoms with E-state index < -0.39 is 17.0 Å². The third kappa shape index (κ3) is 6.35. The van der Waals surface area contributed by atoms with E-state index in [1.165, 1.54) is 13.0 Å². The predicted octanol–water partition coefficient (Wildman–Crippen LogP) is 5.99. The highest BCUT2D eigenvalue weighted by atomic mass is 16.5. The summed E-state index contributed by atoms with van der Waals surface area (Å²) in [4.78, 5) is 24.7. The molecule has 0 aromatic heterocycles. The number of carbonyl (C=O) groups excluding carboxylic acids is 2. The zero-order valence-corrected chi connectivity index (χ0v) is 22.8. The Morgan fingerprint density at radius 2 is 1.78 bits per heavy atom. The number of phenols is 1. The first-order chi connectivity index (χ1) is 17.3. The molecule has 1 aromatic rings. The monoisotopic (exact) mass is 510 g/mol. The van der Waals surface area contributed by atoms with Crippen LogP contribution in [0.1, 0.15) is 72.3 Å². The molecule has 0 unspecified atom stereocenters. The van der Waals surface area contributed by atoms with Crippen LogP contribution >= 0.6 is 0 Å². The maximum Gasteiger partial charge on any atom is 0.330 e. The van der Waals surface area contributed by atoms with E-state index in [9.17, 15) is 19.8 Å². The molecule has 2 fully saturated rings. The molecule has 0 radical (unpaired) electrons. The van der Waals surface area contributed by atoms with Crippen molar-refractivity contribution < 1.29 is 29.3 Å². The molecule has 2 saturated carbocycles. The molecule has 0 bridgehead atoms. The van der Waals surface area contributed by atoms with Crippen LogP contribution in [-0.2, 0) is 19.1 Å². The molecule has 2 aliphatic rings. The van der Waals surface area contributed by atoms with Crippen molar-refractivity contribution in [2.24, 2.45) is 22.7 Å². The van der Waals surface area contributed by atoms with Crippen molar-refractivity contribution in [1.29, 1.82) is 0 Å². The number of esters is 2. The third-order valence-corrected chi connectivity index (χ3v) is 8.86. The summed E-state index contributed by atoms with van der Waals surface area (Å²) in [6, 6.07) is 6.57. The van der Waals surface area contributed by atoms with E-state index in [4.69, 9.17) is 9.47 Å². The van der Waals surface area contributed by atoms with E-state index >= 15 is 0 Å². The fourth-order valence-electron chi connectivity index (χ4n) is 6.82. The Morgan fingerprint density at radius 1 is 1.11 bits per heavy atom. The molecule has 6 nitrogen and oxygen atoms in total. The fraction of sp³-hybridized carbons (Fsp3) is 0.548. The smallest absolute Gasteiger partial charge is 0.330 e. The van der Waals surface area contributed by atoms with Crippen molar-refractivity contribution in [2.45, 2.75) is 78.4 Å². The number of hydrogen-bond donors (Lipinski definition) is 2. The zero-order chi connectivity index (χ0) is 27.4. The molecular weight excluding hydrogens is 468 g/mol. The topological polar surface area (TPSA) is 93.1 Å². The summed E-state index contributed by atoms with van der Waals surface area (Å²) < 4.78 is 11.7. The summed E-state index contributed by atoms with van der Waals surface area (Å²) in [6.45, 7) is 13.7. The minimum absolute atomic E-state index is 0.0784. The summed E-state index contributed by atoms with van der Waals surface area (Å²) in [5, 5.41) is 21.0. The maximum atomic E-state index is 12.6. The first-order valence-electron chi connectivity index (χ1n) is 13.1. The summed E-state index contributed by atoms with van der Waals surface area (Å²) in [5.41, 5.74) is 0.0595. The quantitative estimate of drug-likeness (QED) is 0.254. The van der Waals surface area contributed by atoms with E-state index in [2.05, 4.69) is 26.5 Å². The third-order valence-electron chi connectivity index (χ3n) is 8.86. The Bertz CT molecular complexity index is 1050. The van der Waals surface area contributed by atoms with Gasteiger partial charge in [0.1, 0.15) is 11.9 Å². The van der Waals surface area contributed by atoms with Gasteiger partial charge >= 0.3 is 11.9 Å². The van der Waals surface area contributed by atoms with Crippen LogP contribution in [0.4, 0.5) is 0 Å². The number of aliphatic hydroxyl groups is 1. The average Bonchev–Trinajstić information content (AvgIpc) is 2.83. The van der Waals surface area contributed by atoms with Crippen LogP contribution in [-0.4, -0.2) is 40.5 Å². The van der Waals surface area contributed by atoms with E-state index in [1.807, 2.05) is 13.8 Å². The van der Waals surface area contributed by atoms with Crippen LogP contribution < -0.4 is 0 Å². The standard InChI is InChI=1S/C31H42O6/c1-7-21(2)8-14-26-30(5,35)19-16-25-29(4,18-17-27(31(25,26)6)37-22(3)32)20-36-28(34)15-11-23-9-12-24(33)13-10-23/h7-13,15,25-27,33,35H,1,14,16-20H2,2-6H3/b15-11+,21-8+/t25-,26+,27-,29+,30-,31+/m1/s1. The summed E-state index contributed by atoms with van der Waals surface area (Å²) >= 11 is 0. The minimum atomic E-state index is -0.927. The van der Waals surface area contributed by atoms with Crippen LogP contribution in [0.15, 0.2) is 54.6 Å². The number of rotatable bonds is 8. The molecular formula is C31H42O6. The van der Waals surface area contributed by atoms with E-state index in [0.29, 0.717) is 19.3 Å². The molecule has 202 valence electrons. The lowest BCUT2D eigenvalue weighted by Gasteiger charge is -2.63. The average molecular weight is 511 g/mol. The Labute approximate surface area is 221 Å². The Balaban J connectivity index is 1.86. The second-order valence-electron chi connectivity index (χ2n) is 11.6. The van der Waals surface area contributed by atoms with Gasteiger partial charge in [-0.3, -0.25) is 4.79 Å². The number of fused-ring (bicyclic) bond motifs is 1. The molecule has 2 aliphatic carbocycles. The lowest BCUT2D eigenvalue weighted by Crippen LogP contribution is -2.64. The molecule has 6 atom stereocenters. The maximum absolute atomic E-state index is 12.6. The van der Waals surface area contributed by atoms with E-state index in [-0.39, 0.29) is 41.7 Å². The van der Waals surface area contributed by atoms with Crippen LogP contribution in [0.5, 0.6) is 5.75 Å². The van der Waals surface area contributed by atoms with Crippen molar-refractivity contribution in [3.63, 3.8) is 0 Å². The number of allylic oxidation sites excluding steroid dienone is 3. The number of carbonyl (C=O) groups is 2. The second-order valence-corrected chi connectivity index (χ2v) is 11.6. The van der Waals surface area contributed by atoms with E-state index in [0.717, 1.165) is 24.0 Å². The highest BCUT2D eigenvalue weighted by Crippen LogP contribution is 2.63. The van der Waals surface area contributed by atoms with Crippen molar-refractivity contribution in [2.75, 3.05) is 6.61 Å². The fourth-order valence-corrected chi connectivity index (χ4v) is 6.82. The van der Waals surface area contributed by atoms with Crippen molar-refractivity contribution >= 4 is 18.0 Å². The lowest BCUT2D eigenvalue weighted by atomic mass is 9.44. The van der Waals surface area contributed by atoms with Gasteiger partial charge in [0, 0.05) is 23.8 Å². The van der Waals surface area contributed by atoms with Crippen molar-refractivity contribution in [1.82, 2.24) is 0 Å². The van der Waals surface area contributed by atoms with Gasteiger partial charge in [0.25, 0.3) is 0 Å². The molecule has 37 heavy (non-hydrogen) atoms. The van der Waals surface area contributed by atoms with Gasteiger partial charge in [-0.15, -0.1) is 0 Å². The highest BCUT2D eigenvalue weighted by molar-refractivity contribution is 5.87. The van der Waals surface area contributed by atoms with Gasteiger partial charge < -0.3 is 19.7 Å². The minimum Gasteiger partial charge on any atom is -0.508 e. The Morgan fingerprint density at radius 3 is 2.41 bits per heavy atom. The number of ether oxygens (including phenoxy) is 2. The molecule has 3 rings (SSSR count). The van der Waals surface area contributed by atoms with Gasteiger partial charge in [0.15, 0.2) is 0 Å². The number of phenolic OH excluding ortho intramolecular Hbond substituents is 1. The molecule has 0 heterocycles. The summed E-state index contributed by atoms with van der Waals surface area (Å²) in [5.74, 6) is -0.652. The van der Waals surface area contributed by atoms with E-state index in [1.54, 1.807) is 36.4 Å². The van der Waals surface area contributed by atoms with Crippen molar-refractivity contribution in [3.05, 3.63) is 60.2 Å². The molecule has 0 amide bonds. The van der Waals surface area contributed by atoms with Gasteiger partial charge in [-0.25, -0.2) is 4.79 Å². The van der Waals surface area contributed by atoms with Gasteiger partial charge in [-0.1, -0.05) is 50.3 Å². The molecule has 2 N–H and O–H groups in total. The van der Waals surface area contributed by atoms with Gasteiger partial charge in [-0.05, 0) is 81.6 Å². The summed E-state index contributed by atoms with van der Waals surface area (Å²) in [7, 11) is 0. The number of aromatic hydroxyl groups is 1. The lowest BCUT2D eigenvalue weighted by molar-refractivity contribution is -0.230. The van der Waals surface area contributed by atoms with Crippen LogP contribution in [0.3, 0.4) is 0 Å². The predicted molar refractivity (Wildman–Crippen MR) is 145 cm³/mol. The Kier molecular flexibility index (Phi) is 8.74. The van der Waals surface area contributed by atoms with Crippen LogP contribution in [0.2, 0.25) is 0 Å². The van der Waals surface area contributed by atoms with Crippen molar-refractivity contribution in [3.8, 4) is 5.75 Å². The number of benzene rings is 1. The summed E-state index contributed by atoms with van der Waals surface area (Å²) in [6.07, 6.45) is 10.0. The molecule has 0 saturated heterocycles.